The second-order valence-electron chi connectivity index (χ2n) is 6.90. The van der Waals surface area contributed by atoms with Crippen molar-refractivity contribution in [2.75, 3.05) is 12.0 Å². The van der Waals surface area contributed by atoms with E-state index < -0.39 is 17.7 Å². The number of rotatable bonds is 4. The number of phenolic OH excluding ortho intramolecular Hbond substituents is 1. The van der Waals surface area contributed by atoms with Gasteiger partial charge in [-0.25, -0.2) is 0 Å². The van der Waals surface area contributed by atoms with Crippen molar-refractivity contribution in [1.29, 1.82) is 0 Å². The highest BCUT2D eigenvalue weighted by molar-refractivity contribution is 6.51. The lowest BCUT2D eigenvalue weighted by Crippen LogP contribution is -2.29. The van der Waals surface area contributed by atoms with Crippen molar-refractivity contribution in [3.05, 3.63) is 76.0 Å². The molecule has 1 fully saturated rings. The van der Waals surface area contributed by atoms with Crippen LogP contribution in [0.2, 0.25) is 5.02 Å². The lowest BCUT2D eigenvalue weighted by molar-refractivity contribution is -0.132. The summed E-state index contributed by atoms with van der Waals surface area (Å²) in [6.07, 6.45) is 0. The maximum Gasteiger partial charge on any atom is 0.301 e. The van der Waals surface area contributed by atoms with Crippen molar-refractivity contribution in [2.45, 2.75) is 13.0 Å². The molecule has 1 aliphatic rings. The average molecular weight is 441 g/mol. The Morgan fingerprint density at radius 2 is 1.87 bits per heavy atom. The lowest BCUT2D eigenvalue weighted by Gasteiger charge is -2.23. The molecular formula is C22H17ClN2O6. The highest BCUT2D eigenvalue weighted by Gasteiger charge is 2.48. The van der Waals surface area contributed by atoms with E-state index in [2.05, 4.69) is 5.16 Å². The minimum absolute atomic E-state index is 0.113. The fourth-order valence-corrected chi connectivity index (χ4v) is 3.60. The van der Waals surface area contributed by atoms with Gasteiger partial charge in [-0.1, -0.05) is 22.8 Å². The Morgan fingerprint density at radius 1 is 1.16 bits per heavy atom. The second kappa shape index (κ2) is 7.81. The maximum absolute atomic E-state index is 13.0. The van der Waals surface area contributed by atoms with Crippen molar-refractivity contribution < 1.29 is 29.1 Å². The van der Waals surface area contributed by atoms with Gasteiger partial charge in [0, 0.05) is 16.7 Å². The molecule has 0 radical (unpaired) electrons. The smallest absolute Gasteiger partial charge is 0.301 e. The Kier molecular flexibility index (Phi) is 5.16. The highest BCUT2D eigenvalue weighted by Crippen LogP contribution is 2.43. The van der Waals surface area contributed by atoms with E-state index in [4.69, 9.17) is 20.9 Å². The number of aryl methyl sites for hydroxylation is 1. The summed E-state index contributed by atoms with van der Waals surface area (Å²) in [6, 6.07) is 11.1. The van der Waals surface area contributed by atoms with Crippen LogP contribution in [0.1, 0.15) is 22.9 Å². The molecule has 31 heavy (non-hydrogen) atoms. The molecule has 2 aromatic carbocycles. The number of hydrogen-bond acceptors (Lipinski definition) is 7. The van der Waals surface area contributed by atoms with Crippen LogP contribution in [0.3, 0.4) is 0 Å². The number of phenols is 1. The van der Waals surface area contributed by atoms with Gasteiger partial charge in [-0.15, -0.1) is 0 Å². The van der Waals surface area contributed by atoms with Gasteiger partial charge in [0.1, 0.15) is 11.5 Å². The van der Waals surface area contributed by atoms with Crippen LogP contribution in [0, 0.1) is 6.92 Å². The number of carbonyl (C=O) groups is 2. The van der Waals surface area contributed by atoms with Gasteiger partial charge < -0.3 is 19.5 Å². The summed E-state index contributed by atoms with van der Waals surface area (Å²) in [5, 5.41) is 25.3. The number of aliphatic hydroxyl groups excluding tert-OH is 1. The second-order valence-corrected chi connectivity index (χ2v) is 7.34. The first-order chi connectivity index (χ1) is 14.8. The number of hydrogen-bond donors (Lipinski definition) is 2. The van der Waals surface area contributed by atoms with E-state index in [1.165, 1.54) is 31.4 Å². The number of ether oxygens (including phenoxy) is 1. The fourth-order valence-electron chi connectivity index (χ4n) is 3.48. The first-order valence-electron chi connectivity index (χ1n) is 9.19. The normalized spacial score (nSPS) is 17.9. The average Bonchev–Trinajstić information content (AvgIpc) is 3.29. The molecule has 1 atom stereocenters. The fraction of sp³-hybridized carbons (Fsp3) is 0.136. The first-order valence-corrected chi connectivity index (χ1v) is 9.56. The van der Waals surface area contributed by atoms with Gasteiger partial charge in [-0.2, -0.15) is 0 Å². The molecule has 1 aliphatic heterocycles. The Labute approximate surface area is 181 Å². The summed E-state index contributed by atoms with van der Waals surface area (Å²) in [5.41, 5.74) is 0.597. The van der Waals surface area contributed by atoms with Crippen LogP contribution in [0.15, 0.2) is 58.6 Å². The van der Waals surface area contributed by atoms with Crippen LogP contribution >= 0.6 is 11.6 Å². The van der Waals surface area contributed by atoms with Crippen LogP contribution in [-0.2, 0) is 9.59 Å². The Hall–Kier alpha value is -3.78. The van der Waals surface area contributed by atoms with Gasteiger partial charge in [-0.3, -0.25) is 14.5 Å². The summed E-state index contributed by atoms with van der Waals surface area (Å²) in [6.45, 7) is 1.65. The molecule has 2 heterocycles. The Balaban J connectivity index is 1.96. The van der Waals surface area contributed by atoms with E-state index >= 15 is 0 Å². The van der Waals surface area contributed by atoms with E-state index in [0.29, 0.717) is 21.9 Å². The molecule has 8 nitrogen and oxygen atoms in total. The van der Waals surface area contributed by atoms with Crippen LogP contribution in [0.5, 0.6) is 11.5 Å². The third-order valence-corrected chi connectivity index (χ3v) is 5.20. The van der Waals surface area contributed by atoms with Crippen LogP contribution < -0.4 is 9.64 Å². The molecule has 1 saturated heterocycles. The number of amides is 1. The Bertz CT molecular complexity index is 1210. The molecule has 0 saturated carbocycles. The van der Waals surface area contributed by atoms with Gasteiger partial charge in [-0.05, 0) is 48.9 Å². The van der Waals surface area contributed by atoms with Crippen LogP contribution in [0.25, 0.3) is 5.76 Å². The monoisotopic (exact) mass is 440 g/mol. The van der Waals surface area contributed by atoms with Crippen molar-refractivity contribution >= 4 is 34.9 Å². The van der Waals surface area contributed by atoms with Crippen molar-refractivity contribution in [1.82, 2.24) is 5.16 Å². The number of benzene rings is 2. The number of halogens is 1. The van der Waals surface area contributed by atoms with E-state index in [-0.39, 0.29) is 28.6 Å². The number of nitrogens with zero attached hydrogens (tertiary/aromatic N) is 2. The topological polar surface area (TPSA) is 113 Å². The molecular weight excluding hydrogens is 424 g/mol. The number of aliphatic hydroxyl groups is 1. The molecule has 158 valence electrons. The highest BCUT2D eigenvalue weighted by atomic mass is 35.5. The third kappa shape index (κ3) is 3.51. The molecule has 0 bridgehead atoms. The standard InChI is InChI=1S/C22H17ClN2O6/c1-11-9-17(24-31-11)25-19(13-5-8-15(26)16(10-13)30-2)18(21(28)22(25)29)20(27)12-3-6-14(23)7-4-12/h3-10,19,26-27H,1-2H3/t19-/m1/s1. The van der Waals surface area contributed by atoms with Gasteiger partial charge in [0.25, 0.3) is 5.78 Å². The number of carbonyl (C=O) groups excluding carboxylic acids is 2. The molecule has 3 aromatic rings. The number of ketones is 1. The summed E-state index contributed by atoms with van der Waals surface area (Å²) in [4.78, 5) is 27.1. The predicted molar refractivity (Wildman–Crippen MR) is 112 cm³/mol. The quantitative estimate of drug-likeness (QED) is 0.358. The van der Waals surface area contributed by atoms with E-state index in [9.17, 15) is 19.8 Å². The van der Waals surface area contributed by atoms with Crippen LogP contribution in [0.4, 0.5) is 5.82 Å². The summed E-state index contributed by atoms with van der Waals surface area (Å²) < 4.78 is 10.3. The van der Waals surface area contributed by atoms with Gasteiger partial charge in [0.15, 0.2) is 17.3 Å². The molecule has 9 heteroatoms. The van der Waals surface area contributed by atoms with Gasteiger partial charge in [0.2, 0.25) is 0 Å². The molecule has 0 aliphatic carbocycles. The van der Waals surface area contributed by atoms with Crippen LogP contribution in [-0.4, -0.2) is 34.2 Å². The lowest BCUT2D eigenvalue weighted by atomic mass is 9.95. The molecule has 1 amide bonds. The number of Topliss-reactive ketones (excluding diaryl/α,β-unsaturated/α-hetero) is 1. The summed E-state index contributed by atoms with van der Waals surface area (Å²) in [5.74, 6) is -1.53. The Morgan fingerprint density at radius 3 is 2.48 bits per heavy atom. The van der Waals surface area contributed by atoms with Gasteiger partial charge >= 0.3 is 5.91 Å². The number of aromatic hydroxyl groups is 1. The van der Waals surface area contributed by atoms with Crippen molar-refractivity contribution in [3.63, 3.8) is 0 Å². The van der Waals surface area contributed by atoms with E-state index in [0.717, 1.165) is 4.90 Å². The summed E-state index contributed by atoms with van der Waals surface area (Å²) in [7, 11) is 1.38. The predicted octanol–water partition coefficient (Wildman–Crippen LogP) is 3.98. The molecule has 4 rings (SSSR count). The number of methoxy groups -OCH3 is 1. The SMILES string of the molecule is COc1cc([C@@H]2C(=C(O)c3ccc(Cl)cc3)C(=O)C(=O)N2c2cc(C)on2)ccc1O. The van der Waals surface area contributed by atoms with Crippen molar-refractivity contribution in [3.8, 4) is 11.5 Å². The largest absolute Gasteiger partial charge is 0.507 e. The minimum Gasteiger partial charge on any atom is -0.507 e. The minimum atomic E-state index is -1.03. The maximum atomic E-state index is 13.0. The van der Waals surface area contributed by atoms with E-state index in [1.807, 2.05) is 0 Å². The number of aromatic nitrogens is 1. The third-order valence-electron chi connectivity index (χ3n) is 4.94. The van der Waals surface area contributed by atoms with Crippen molar-refractivity contribution in [2.24, 2.45) is 0 Å². The zero-order valence-corrected chi connectivity index (χ0v) is 17.3. The van der Waals surface area contributed by atoms with Gasteiger partial charge in [0.05, 0.1) is 18.7 Å². The molecule has 2 N–H and O–H groups in total. The first kappa shape index (κ1) is 20.5. The summed E-state index contributed by atoms with van der Waals surface area (Å²) >= 11 is 5.92. The zero-order valence-electron chi connectivity index (χ0n) is 16.5. The molecule has 1 aromatic heterocycles. The number of anilines is 1. The zero-order chi connectivity index (χ0) is 22.3. The van der Waals surface area contributed by atoms with E-state index in [1.54, 1.807) is 31.2 Å². The molecule has 0 spiro atoms. The molecule has 0 unspecified atom stereocenters.